The van der Waals surface area contributed by atoms with Gasteiger partial charge in [-0.1, -0.05) is 0 Å². The van der Waals surface area contributed by atoms with Crippen LogP contribution in [0.3, 0.4) is 0 Å². The molecule has 23 heavy (non-hydrogen) atoms. The highest BCUT2D eigenvalue weighted by Crippen LogP contribution is 2.20. The maximum Gasteiger partial charge on any atom is 0.258 e. The molecule has 0 spiro atoms. The van der Waals surface area contributed by atoms with E-state index in [4.69, 9.17) is 4.74 Å². The van der Waals surface area contributed by atoms with Gasteiger partial charge < -0.3 is 15.4 Å². The van der Waals surface area contributed by atoms with Gasteiger partial charge in [-0.05, 0) is 37.6 Å². The van der Waals surface area contributed by atoms with Crippen molar-refractivity contribution in [3.63, 3.8) is 0 Å². The number of rotatable bonds is 5. The Morgan fingerprint density at radius 2 is 1.83 bits per heavy atom. The number of carbonyl (C=O) groups is 2. The zero-order chi connectivity index (χ0) is 16.8. The quantitative estimate of drug-likeness (QED) is 0.879. The van der Waals surface area contributed by atoms with Crippen LogP contribution in [-0.2, 0) is 9.53 Å². The van der Waals surface area contributed by atoms with Crippen molar-refractivity contribution in [3.05, 3.63) is 47.5 Å². The van der Waals surface area contributed by atoms with Gasteiger partial charge in [0.25, 0.3) is 5.91 Å². The van der Waals surface area contributed by atoms with Crippen molar-refractivity contribution in [1.29, 1.82) is 0 Å². The first-order valence-corrected chi connectivity index (χ1v) is 6.99. The van der Waals surface area contributed by atoms with Crippen LogP contribution in [0.1, 0.15) is 21.7 Å². The third kappa shape index (κ3) is 4.58. The Bertz CT molecular complexity index is 714. The first-order valence-electron chi connectivity index (χ1n) is 6.99. The van der Waals surface area contributed by atoms with Crippen LogP contribution in [-0.4, -0.2) is 35.5 Å². The summed E-state index contributed by atoms with van der Waals surface area (Å²) < 4.78 is 4.77. The number of aromatic nitrogens is 2. The number of nitrogens with one attached hydrogen (secondary N) is 2. The van der Waals surface area contributed by atoms with E-state index in [9.17, 15) is 9.59 Å². The second kappa shape index (κ2) is 7.46. The van der Waals surface area contributed by atoms with E-state index in [1.54, 1.807) is 25.1 Å². The van der Waals surface area contributed by atoms with E-state index in [0.717, 1.165) is 5.56 Å². The molecule has 0 fully saturated rings. The Labute approximate surface area is 134 Å². The maximum absolute atomic E-state index is 12.1. The van der Waals surface area contributed by atoms with E-state index in [2.05, 4.69) is 20.6 Å². The molecule has 2 rings (SSSR count). The minimum Gasteiger partial charge on any atom is -0.375 e. The van der Waals surface area contributed by atoms with E-state index in [0.29, 0.717) is 22.8 Å². The van der Waals surface area contributed by atoms with E-state index in [1.165, 1.54) is 19.5 Å². The summed E-state index contributed by atoms with van der Waals surface area (Å²) in [6, 6.07) is 5.21. The Hall–Kier alpha value is -2.80. The summed E-state index contributed by atoms with van der Waals surface area (Å²) in [5, 5.41) is 5.50. The SMILES string of the molecule is COCC(=O)Nc1ccc(NC(=O)c2cnc(C)nc2)cc1C. The molecule has 2 N–H and O–H groups in total. The fraction of sp³-hybridized carbons (Fsp3) is 0.250. The monoisotopic (exact) mass is 314 g/mol. The second-order valence-electron chi connectivity index (χ2n) is 4.98. The zero-order valence-electron chi connectivity index (χ0n) is 13.2. The van der Waals surface area contributed by atoms with Crippen molar-refractivity contribution in [2.24, 2.45) is 0 Å². The van der Waals surface area contributed by atoms with Crippen LogP contribution in [0.25, 0.3) is 0 Å². The van der Waals surface area contributed by atoms with Crippen molar-refractivity contribution in [2.45, 2.75) is 13.8 Å². The molecule has 0 aliphatic rings. The van der Waals surface area contributed by atoms with E-state index < -0.39 is 0 Å². The van der Waals surface area contributed by atoms with Crippen LogP contribution in [0.4, 0.5) is 11.4 Å². The average Bonchev–Trinajstić information content (AvgIpc) is 2.51. The van der Waals surface area contributed by atoms with Gasteiger partial charge in [0.1, 0.15) is 12.4 Å². The Kier molecular flexibility index (Phi) is 5.37. The molecule has 0 unspecified atom stereocenters. The Morgan fingerprint density at radius 1 is 1.13 bits per heavy atom. The molecule has 1 aromatic heterocycles. The van der Waals surface area contributed by atoms with Crippen LogP contribution in [0.5, 0.6) is 0 Å². The molecule has 0 atom stereocenters. The Balaban J connectivity index is 2.06. The lowest BCUT2D eigenvalue weighted by Gasteiger charge is -2.11. The van der Waals surface area contributed by atoms with Gasteiger partial charge in [0.2, 0.25) is 5.91 Å². The largest absolute Gasteiger partial charge is 0.375 e. The smallest absolute Gasteiger partial charge is 0.258 e. The van der Waals surface area contributed by atoms with E-state index in [1.807, 2.05) is 6.92 Å². The number of benzene rings is 1. The number of carbonyl (C=O) groups excluding carboxylic acids is 2. The molecule has 2 amide bonds. The van der Waals surface area contributed by atoms with Gasteiger partial charge in [-0.2, -0.15) is 0 Å². The summed E-state index contributed by atoms with van der Waals surface area (Å²) in [5.41, 5.74) is 2.50. The van der Waals surface area contributed by atoms with E-state index >= 15 is 0 Å². The van der Waals surface area contributed by atoms with Crippen LogP contribution < -0.4 is 10.6 Å². The number of amides is 2. The molecule has 0 saturated heterocycles. The van der Waals surface area contributed by atoms with Gasteiger partial charge >= 0.3 is 0 Å². The summed E-state index contributed by atoms with van der Waals surface area (Å²) >= 11 is 0. The molecule has 7 heteroatoms. The molecule has 1 heterocycles. The Morgan fingerprint density at radius 3 is 2.43 bits per heavy atom. The minimum atomic E-state index is -0.291. The highest BCUT2D eigenvalue weighted by Gasteiger charge is 2.09. The highest BCUT2D eigenvalue weighted by atomic mass is 16.5. The summed E-state index contributed by atoms with van der Waals surface area (Å²) in [5.74, 6) is 0.0818. The molecular formula is C16H18N4O3. The third-order valence-corrected chi connectivity index (χ3v) is 3.08. The topological polar surface area (TPSA) is 93.2 Å². The van der Waals surface area contributed by atoms with Gasteiger partial charge in [-0.3, -0.25) is 9.59 Å². The normalized spacial score (nSPS) is 10.2. The third-order valence-electron chi connectivity index (χ3n) is 3.08. The van der Waals surface area contributed by atoms with Crippen LogP contribution in [0.2, 0.25) is 0 Å². The summed E-state index contributed by atoms with van der Waals surface area (Å²) in [6.07, 6.45) is 2.95. The molecule has 0 aliphatic carbocycles. The molecule has 0 aliphatic heterocycles. The molecule has 1 aromatic carbocycles. The van der Waals surface area contributed by atoms with Crippen LogP contribution >= 0.6 is 0 Å². The predicted molar refractivity (Wildman–Crippen MR) is 86.4 cm³/mol. The molecule has 0 radical (unpaired) electrons. The maximum atomic E-state index is 12.1. The first kappa shape index (κ1) is 16.6. The van der Waals surface area contributed by atoms with Crippen molar-refractivity contribution in [2.75, 3.05) is 24.4 Å². The van der Waals surface area contributed by atoms with Crippen LogP contribution in [0.15, 0.2) is 30.6 Å². The first-order chi connectivity index (χ1) is 11.0. The van der Waals surface area contributed by atoms with Crippen molar-refractivity contribution >= 4 is 23.2 Å². The fourth-order valence-corrected chi connectivity index (χ4v) is 1.91. The molecule has 0 bridgehead atoms. The number of hydrogen-bond donors (Lipinski definition) is 2. The molecule has 120 valence electrons. The fourth-order valence-electron chi connectivity index (χ4n) is 1.91. The number of ether oxygens (including phenoxy) is 1. The molecular weight excluding hydrogens is 296 g/mol. The number of hydrogen-bond acceptors (Lipinski definition) is 5. The second-order valence-corrected chi connectivity index (χ2v) is 4.98. The number of aryl methyl sites for hydroxylation is 2. The summed E-state index contributed by atoms with van der Waals surface area (Å²) in [7, 11) is 1.46. The molecule has 2 aromatic rings. The summed E-state index contributed by atoms with van der Waals surface area (Å²) in [4.78, 5) is 31.6. The lowest BCUT2D eigenvalue weighted by molar-refractivity contribution is -0.119. The lowest BCUT2D eigenvalue weighted by atomic mass is 10.1. The van der Waals surface area contributed by atoms with Crippen molar-refractivity contribution in [1.82, 2.24) is 9.97 Å². The van der Waals surface area contributed by atoms with Crippen molar-refractivity contribution < 1.29 is 14.3 Å². The van der Waals surface area contributed by atoms with Gasteiger partial charge in [0, 0.05) is 30.9 Å². The van der Waals surface area contributed by atoms with E-state index in [-0.39, 0.29) is 18.4 Å². The highest BCUT2D eigenvalue weighted by molar-refractivity contribution is 6.04. The zero-order valence-corrected chi connectivity index (χ0v) is 13.2. The van der Waals surface area contributed by atoms with Crippen LogP contribution in [0, 0.1) is 13.8 Å². The number of methoxy groups -OCH3 is 1. The number of anilines is 2. The van der Waals surface area contributed by atoms with Crippen molar-refractivity contribution in [3.8, 4) is 0 Å². The van der Waals surface area contributed by atoms with Gasteiger partial charge in [-0.15, -0.1) is 0 Å². The van der Waals surface area contributed by atoms with Gasteiger partial charge in [0.05, 0.1) is 5.56 Å². The average molecular weight is 314 g/mol. The van der Waals surface area contributed by atoms with Gasteiger partial charge in [0.15, 0.2) is 0 Å². The molecule has 7 nitrogen and oxygen atoms in total. The standard InChI is InChI=1S/C16H18N4O3/c1-10-6-13(4-5-14(10)20-15(21)9-23-3)19-16(22)12-7-17-11(2)18-8-12/h4-8H,9H2,1-3H3,(H,19,22)(H,20,21). The lowest BCUT2D eigenvalue weighted by Crippen LogP contribution is -2.18. The number of nitrogens with zero attached hydrogens (tertiary/aromatic N) is 2. The predicted octanol–water partition coefficient (Wildman–Crippen LogP) is 1.93. The molecule has 0 saturated carbocycles. The summed E-state index contributed by atoms with van der Waals surface area (Å²) in [6.45, 7) is 3.58. The minimum absolute atomic E-state index is 0.00858. The van der Waals surface area contributed by atoms with Gasteiger partial charge in [-0.25, -0.2) is 9.97 Å².